The summed E-state index contributed by atoms with van der Waals surface area (Å²) in [5.74, 6) is 0.558. The van der Waals surface area contributed by atoms with Gasteiger partial charge in [0.05, 0.1) is 35.5 Å². The van der Waals surface area contributed by atoms with Gasteiger partial charge >= 0.3 is 0 Å². The lowest BCUT2D eigenvalue weighted by Crippen LogP contribution is -2.48. The number of anilines is 1. The number of morpholine rings is 1. The lowest BCUT2D eigenvalue weighted by Gasteiger charge is -2.38. The second-order valence-electron chi connectivity index (χ2n) is 8.82. The number of hydrogen-bond acceptors (Lipinski definition) is 6. The fourth-order valence-electron chi connectivity index (χ4n) is 5.06. The maximum Gasteiger partial charge on any atom is 0.101 e. The molecule has 3 heterocycles. The van der Waals surface area contributed by atoms with Gasteiger partial charge in [0, 0.05) is 42.5 Å². The molecule has 2 atom stereocenters. The third kappa shape index (κ3) is 4.13. The molecule has 1 aliphatic carbocycles. The Bertz CT molecular complexity index is 1100. The lowest BCUT2D eigenvalue weighted by molar-refractivity contribution is -0.0257. The molecule has 1 saturated heterocycles. The van der Waals surface area contributed by atoms with E-state index in [1.165, 1.54) is 32.1 Å². The van der Waals surface area contributed by atoms with Crippen molar-refractivity contribution < 1.29 is 4.74 Å². The van der Waals surface area contributed by atoms with E-state index < -0.39 is 0 Å². The van der Waals surface area contributed by atoms with Crippen molar-refractivity contribution in [3.05, 3.63) is 47.9 Å². The van der Waals surface area contributed by atoms with Crippen molar-refractivity contribution in [2.24, 2.45) is 0 Å². The highest BCUT2D eigenvalue weighted by atomic mass is 16.5. The Balaban J connectivity index is 1.35. The molecule has 7 heteroatoms. The van der Waals surface area contributed by atoms with Gasteiger partial charge in [0.15, 0.2) is 0 Å². The molecule has 1 saturated carbocycles. The SMILES string of the molecule is C[C@@H]1CN(c2ccc(C#N)c3ncccc23)C[C@H](Cn2cc(C3CCCCC3)nn2)O1. The zero-order chi connectivity index (χ0) is 21.2. The fraction of sp³-hybridized carbons (Fsp3) is 0.500. The van der Waals surface area contributed by atoms with Crippen LogP contribution in [-0.4, -0.2) is 45.3 Å². The van der Waals surface area contributed by atoms with E-state index >= 15 is 0 Å². The van der Waals surface area contributed by atoms with Crippen molar-refractivity contribution in [3.63, 3.8) is 0 Å². The largest absolute Gasteiger partial charge is 0.370 e. The first-order valence-electron chi connectivity index (χ1n) is 11.3. The number of rotatable bonds is 4. The molecule has 7 nitrogen and oxygen atoms in total. The number of nitrogens with zero attached hydrogens (tertiary/aromatic N) is 6. The molecular formula is C24H28N6O. The van der Waals surface area contributed by atoms with E-state index in [0.29, 0.717) is 18.0 Å². The first-order chi connectivity index (χ1) is 15.2. The molecule has 1 aliphatic heterocycles. The van der Waals surface area contributed by atoms with Gasteiger partial charge in [-0.3, -0.25) is 4.98 Å². The molecule has 0 amide bonds. The Kier molecular flexibility index (Phi) is 5.56. The number of nitriles is 1. The topological polar surface area (TPSA) is 79.9 Å². The van der Waals surface area contributed by atoms with Crippen LogP contribution in [-0.2, 0) is 11.3 Å². The van der Waals surface area contributed by atoms with Crippen LogP contribution in [0.3, 0.4) is 0 Å². The van der Waals surface area contributed by atoms with Gasteiger partial charge < -0.3 is 9.64 Å². The Morgan fingerprint density at radius 3 is 2.87 bits per heavy atom. The minimum atomic E-state index is 0.0204. The summed E-state index contributed by atoms with van der Waals surface area (Å²) < 4.78 is 8.20. The predicted octanol–water partition coefficient (Wildman–Crippen LogP) is 4.04. The van der Waals surface area contributed by atoms with Gasteiger partial charge in [-0.1, -0.05) is 24.5 Å². The monoisotopic (exact) mass is 416 g/mol. The van der Waals surface area contributed by atoms with Crippen molar-refractivity contribution in [3.8, 4) is 6.07 Å². The minimum absolute atomic E-state index is 0.0204. The van der Waals surface area contributed by atoms with Gasteiger partial charge in [0.2, 0.25) is 0 Å². The van der Waals surface area contributed by atoms with E-state index in [4.69, 9.17) is 4.74 Å². The summed E-state index contributed by atoms with van der Waals surface area (Å²) in [5.41, 5.74) is 3.59. The normalized spacial score (nSPS) is 22.5. The summed E-state index contributed by atoms with van der Waals surface area (Å²) in [6, 6.07) is 10.1. The van der Waals surface area contributed by atoms with Crippen molar-refractivity contribution in [1.29, 1.82) is 5.26 Å². The Labute approximate surface area is 182 Å². The standard InChI is InChI=1S/C24H28N6O/c1-17-13-29(23-10-9-19(12-25)24-21(23)8-5-11-26-24)14-20(31-17)15-30-16-22(27-28-30)18-6-3-2-4-7-18/h5,8-11,16-18,20H,2-4,6-7,13-15H2,1H3/t17-,20-/m1/s1. The van der Waals surface area contributed by atoms with Crippen LogP contribution >= 0.6 is 0 Å². The molecule has 1 aromatic carbocycles. The second-order valence-corrected chi connectivity index (χ2v) is 8.82. The number of fused-ring (bicyclic) bond motifs is 1. The molecule has 31 heavy (non-hydrogen) atoms. The zero-order valence-corrected chi connectivity index (χ0v) is 17.9. The first-order valence-corrected chi connectivity index (χ1v) is 11.3. The summed E-state index contributed by atoms with van der Waals surface area (Å²) in [6.45, 7) is 4.36. The molecule has 2 fully saturated rings. The average molecular weight is 417 g/mol. The van der Waals surface area contributed by atoms with E-state index in [1.807, 2.05) is 28.9 Å². The van der Waals surface area contributed by atoms with Crippen molar-refractivity contribution in [1.82, 2.24) is 20.0 Å². The summed E-state index contributed by atoms with van der Waals surface area (Å²) in [6.07, 6.45) is 10.4. The molecular weight excluding hydrogens is 388 g/mol. The average Bonchev–Trinajstić information content (AvgIpc) is 3.27. The van der Waals surface area contributed by atoms with Gasteiger partial charge in [0.1, 0.15) is 6.07 Å². The molecule has 0 N–H and O–H groups in total. The summed E-state index contributed by atoms with van der Waals surface area (Å²) in [4.78, 5) is 6.81. The summed E-state index contributed by atoms with van der Waals surface area (Å²) in [7, 11) is 0. The van der Waals surface area contributed by atoms with E-state index in [-0.39, 0.29) is 12.2 Å². The maximum absolute atomic E-state index is 9.44. The molecule has 160 valence electrons. The molecule has 0 spiro atoms. The highest BCUT2D eigenvalue weighted by molar-refractivity contribution is 5.95. The molecule has 2 aromatic heterocycles. The minimum Gasteiger partial charge on any atom is -0.370 e. The Morgan fingerprint density at radius 2 is 2.03 bits per heavy atom. The van der Waals surface area contributed by atoms with Crippen LogP contribution in [0.4, 0.5) is 5.69 Å². The van der Waals surface area contributed by atoms with Crippen molar-refractivity contribution >= 4 is 16.6 Å². The van der Waals surface area contributed by atoms with Gasteiger partial charge in [-0.25, -0.2) is 4.68 Å². The van der Waals surface area contributed by atoms with Crippen LogP contribution in [0.5, 0.6) is 0 Å². The number of benzene rings is 1. The fourth-order valence-corrected chi connectivity index (χ4v) is 5.06. The molecule has 5 rings (SSSR count). The van der Waals surface area contributed by atoms with Gasteiger partial charge in [0.25, 0.3) is 0 Å². The van der Waals surface area contributed by atoms with Crippen LogP contribution in [0.1, 0.15) is 56.2 Å². The zero-order valence-electron chi connectivity index (χ0n) is 17.9. The van der Waals surface area contributed by atoms with Crippen LogP contribution in [0, 0.1) is 11.3 Å². The number of aromatic nitrogens is 4. The first kappa shape index (κ1) is 20.0. The van der Waals surface area contributed by atoms with Gasteiger partial charge in [-0.05, 0) is 44.0 Å². The Morgan fingerprint density at radius 1 is 1.16 bits per heavy atom. The second kappa shape index (κ2) is 8.64. The highest BCUT2D eigenvalue weighted by Crippen LogP contribution is 2.32. The lowest BCUT2D eigenvalue weighted by atomic mass is 9.87. The van der Waals surface area contributed by atoms with Crippen LogP contribution in [0.25, 0.3) is 10.9 Å². The van der Waals surface area contributed by atoms with Crippen LogP contribution in [0.15, 0.2) is 36.7 Å². The number of pyridine rings is 1. The predicted molar refractivity (Wildman–Crippen MR) is 119 cm³/mol. The molecule has 3 aromatic rings. The third-order valence-electron chi connectivity index (χ3n) is 6.50. The van der Waals surface area contributed by atoms with E-state index in [2.05, 4.69) is 39.4 Å². The third-order valence-corrected chi connectivity index (χ3v) is 6.50. The van der Waals surface area contributed by atoms with Crippen LogP contribution in [0.2, 0.25) is 0 Å². The van der Waals surface area contributed by atoms with Crippen molar-refractivity contribution in [2.45, 2.75) is 63.7 Å². The van der Waals surface area contributed by atoms with E-state index in [0.717, 1.165) is 35.4 Å². The maximum atomic E-state index is 9.44. The number of ether oxygens (including phenoxy) is 1. The van der Waals surface area contributed by atoms with Crippen LogP contribution < -0.4 is 4.90 Å². The van der Waals surface area contributed by atoms with E-state index in [9.17, 15) is 5.26 Å². The molecule has 2 aliphatic rings. The quantitative estimate of drug-likeness (QED) is 0.639. The molecule has 0 unspecified atom stereocenters. The molecule has 0 radical (unpaired) electrons. The Hall–Kier alpha value is -2.98. The van der Waals surface area contributed by atoms with Gasteiger partial charge in [-0.15, -0.1) is 5.10 Å². The smallest absolute Gasteiger partial charge is 0.101 e. The van der Waals surface area contributed by atoms with Crippen molar-refractivity contribution in [2.75, 3.05) is 18.0 Å². The van der Waals surface area contributed by atoms with Gasteiger partial charge in [-0.2, -0.15) is 5.26 Å². The number of hydrogen-bond donors (Lipinski definition) is 0. The summed E-state index contributed by atoms with van der Waals surface area (Å²) in [5, 5.41) is 19.3. The summed E-state index contributed by atoms with van der Waals surface area (Å²) >= 11 is 0. The van der Waals surface area contributed by atoms with E-state index in [1.54, 1.807) is 6.20 Å². The molecule has 0 bridgehead atoms. The highest BCUT2D eigenvalue weighted by Gasteiger charge is 2.28.